The van der Waals surface area contributed by atoms with E-state index in [9.17, 15) is 4.79 Å². The first-order chi connectivity index (χ1) is 12.6. The van der Waals surface area contributed by atoms with Crippen LogP contribution in [0.2, 0.25) is 5.02 Å². The van der Waals surface area contributed by atoms with Gasteiger partial charge in [-0.3, -0.25) is 4.79 Å². The quantitative estimate of drug-likeness (QED) is 0.370. The second-order valence-electron chi connectivity index (χ2n) is 5.67. The van der Waals surface area contributed by atoms with E-state index in [0.29, 0.717) is 33.3 Å². The van der Waals surface area contributed by atoms with Crippen molar-refractivity contribution in [1.29, 1.82) is 0 Å². The third kappa shape index (κ3) is 3.59. The Morgan fingerprint density at radius 3 is 2.62 bits per heavy atom. The fourth-order valence-corrected chi connectivity index (χ4v) is 3.10. The Hall–Kier alpha value is -2.38. The number of carbonyl (C=O) groups excluding carboxylic acids is 1. The van der Waals surface area contributed by atoms with Crippen molar-refractivity contribution in [3.05, 3.63) is 80.9 Å². The summed E-state index contributed by atoms with van der Waals surface area (Å²) >= 11 is 8.23. The fourth-order valence-electron chi connectivity index (χ4n) is 2.55. The van der Waals surface area contributed by atoms with Crippen molar-refractivity contribution >= 4 is 56.9 Å². The van der Waals surface area contributed by atoms with Crippen molar-refractivity contribution in [2.75, 3.05) is 5.32 Å². The third-order valence-corrected chi connectivity index (χ3v) is 4.78. The normalized spacial score (nSPS) is 10.8. The first kappa shape index (κ1) is 17.1. The molecule has 1 amide bonds. The lowest BCUT2D eigenvalue weighted by molar-refractivity contribution is 0.102. The molecule has 0 spiro atoms. The summed E-state index contributed by atoms with van der Waals surface area (Å²) in [7, 11) is 0. The number of aromatic nitrogens is 1. The van der Waals surface area contributed by atoms with Gasteiger partial charge in [0.25, 0.3) is 5.91 Å². The Bertz CT molecular complexity index is 1110. The summed E-state index contributed by atoms with van der Waals surface area (Å²) in [5, 5.41) is 3.50. The standard InChI is InChI=1S/C20H12ClIN2O2/c21-14-3-1-2-13(10-14)20-24-17-11-16(8-9-18(17)26-20)23-19(25)12-4-6-15(22)7-5-12/h1-11H,(H,23,25). The van der Waals surface area contributed by atoms with E-state index in [1.807, 2.05) is 24.3 Å². The molecule has 6 heteroatoms. The largest absolute Gasteiger partial charge is 0.436 e. The minimum atomic E-state index is -0.167. The number of benzene rings is 3. The molecule has 26 heavy (non-hydrogen) atoms. The summed E-state index contributed by atoms with van der Waals surface area (Å²) in [5.41, 5.74) is 3.38. The number of anilines is 1. The van der Waals surface area contributed by atoms with E-state index in [-0.39, 0.29) is 5.91 Å². The van der Waals surface area contributed by atoms with E-state index in [1.54, 1.807) is 42.5 Å². The molecule has 4 rings (SSSR count). The Morgan fingerprint density at radius 2 is 1.85 bits per heavy atom. The summed E-state index contributed by atoms with van der Waals surface area (Å²) in [4.78, 5) is 16.9. The molecule has 0 radical (unpaired) electrons. The highest BCUT2D eigenvalue weighted by molar-refractivity contribution is 14.1. The van der Waals surface area contributed by atoms with E-state index in [0.717, 1.165) is 9.13 Å². The van der Waals surface area contributed by atoms with Crippen LogP contribution in [0.15, 0.2) is 71.1 Å². The number of nitrogens with zero attached hydrogens (tertiary/aromatic N) is 1. The van der Waals surface area contributed by atoms with Crippen LogP contribution in [-0.4, -0.2) is 10.9 Å². The number of carbonyl (C=O) groups is 1. The maximum atomic E-state index is 12.4. The maximum absolute atomic E-state index is 12.4. The van der Waals surface area contributed by atoms with Crippen molar-refractivity contribution in [1.82, 2.24) is 4.98 Å². The minimum absolute atomic E-state index is 0.167. The van der Waals surface area contributed by atoms with Crippen LogP contribution >= 0.6 is 34.2 Å². The summed E-state index contributed by atoms with van der Waals surface area (Å²) in [6.07, 6.45) is 0. The molecule has 0 saturated carbocycles. The van der Waals surface area contributed by atoms with Gasteiger partial charge in [0.1, 0.15) is 5.52 Å². The average molecular weight is 475 g/mol. The number of hydrogen-bond acceptors (Lipinski definition) is 3. The minimum Gasteiger partial charge on any atom is -0.436 e. The molecule has 1 N–H and O–H groups in total. The second-order valence-corrected chi connectivity index (χ2v) is 7.35. The van der Waals surface area contributed by atoms with Gasteiger partial charge in [0.15, 0.2) is 5.58 Å². The van der Waals surface area contributed by atoms with Crippen LogP contribution in [0.25, 0.3) is 22.6 Å². The van der Waals surface area contributed by atoms with Gasteiger partial charge in [0.2, 0.25) is 5.89 Å². The van der Waals surface area contributed by atoms with Crippen LogP contribution in [0.1, 0.15) is 10.4 Å². The number of nitrogens with one attached hydrogen (secondary N) is 1. The molecule has 0 bridgehead atoms. The van der Waals surface area contributed by atoms with E-state index < -0.39 is 0 Å². The Morgan fingerprint density at radius 1 is 1.04 bits per heavy atom. The highest BCUT2D eigenvalue weighted by atomic mass is 127. The van der Waals surface area contributed by atoms with Gasteiger partial charge in [-0.2, -0.15) is 0 Å². The molecule has 0 aliphatic heterocycles. The molecule has 0 atom stereocenters. The molecule has 0 aliphatic carbocycles. The first-order valence-electron chi connectivity index (χ1n) is 7.82. The van der Waals surface area contributed by atoms with Crippen molar-refractivity contribution in [2.24, 2.45) is 0 Å². The summed E-state index contributed by atoms with van der Waals surface area (Å²) < 4.78 is 6.86. The zero-order valence-electron chi connectivity index (χ0n) is 13.4. The third-order valence-electron chi connectivity index (χ3n) is 3.82. The van der Waals surface area contributed by atoms with Crippen LogP contribution in [0.4, 0.5) is 5.69 Å². The topological polar surface area (TPSA) is 55.1 Å². The van der Waals surface area contributed by atoms with Gasteiger partial charge < -0.3 is 9.73 Å². The molecule has 4 nitrogen and oxygen atoms in total. The van der Waals surface area contributed by atoms with Gasteiger partial charge in [-0.15, -0.1) is 0 Å². The molecule has 0 fully saturated rings. The SMILES string of the molecule is O=C(Nc1ccc2oc(-c3cccc(Cl)c3)nc2c1)c1ccc(I)cc1. The van der Waals surface area contributed by atoms with E-state index in [2.05, 4.69) is 32.9 Å². The van der Waals surface area contributed by atoms with E-state index >= 15 is 0 Å². The lowest BCUT2D eigenvalue weighted by atomic mass is 10.2. The van der Waals surface area contributed by atoms with Gasteiger partial charge in [0, 0.05) is 25.4 Å². The summed E-state index contributed by atoms with van der Waals surface area (Å²) in [6, 6.07) is 20.1. The zero-order valence-corrected chi connectivity index (χ0v) is 16.3. The zero-order chi connectivity index (χ0) is 18.1. The summed E-state index contributed by atoms with van der Waals surface area (Å²) in [6.45, 7) is 0. The molecule has 1 aromatic heterocycles. The van der Waals surface area contributed by atoms with Crippen molar-refractivity contribution < 1.29 is 9.21 Å². The highest BCUT2D eigenvalue weighted by Gasteiger charge is 2.11. The smallest absolute Gasteiger partial charge is 0.255 e. The first-order valence-corrected chi connectivity index (χ1v) is 9.28. The highest BCUT2D eigenvalue weighted by Crippen LogP contribution is 2.27. The lowest BCUT2D eigenvalue weighted by Gasteiger charge is -2.05. The van der Waals surface area contributed by atoms with Gasteiger partial charge in [-0.1, -0.05) is 17.7 Å². The van der Waals surface area contributed by atoms with Crippen molar-refractivity contribution in [3.63, 3.8) is 0 Å². The Balaban J connectivity index is 1.61. The second kappa shape index (κ2) is 7.09. The van der Waals surface area contributed by atoms with Gasteiger partial charge in [-0.05, 0) is 83.3 Å². The van der Waals surface area contributed by atoms with Gasteiger partial charge in [0.05, 0.1) is 0 Å². The molecule has 128 valence electrons. The number of oxazole rings is 1. The average Bonchev–Trinajstić information content (AvgIpc) is 3.05. The molecule has 0 saturated heterocycles. The molecule has 4 aromatic rings. The number of rotatable bonds is 3. The van der Waals surface area contributed by atoms with Crippen LogP contribution in [0.5, 0.6) is 0 Å². The Kier molecular flexibility index (Phi) is 4.65. The monoisotopic (exact) mass is 474 g/mol. The van der Waals surface area contributed by atoms with Crippen LogP contribution in [0, 0.1) is 3.57 Å². The molecular weight excluding hydrogens is 463 g/mol. The predicted molar refractivity (Wildman–Crippen MR) is 112 cm³/mol. The Labute approximate surface area is 168 Å². The van der Waals surface area contributed by atoms with E-state index in [1.165, 1.54) is 0 Å². The van der Waals surface area contributed by atoms with E-state index in [4.69, 9.17) is 16.0 Å². The maximum Gasteiger partial charge on any atom is 0.255 e. The number of hydrogen-bond donors (Lipinski definition) is 1. The molecule has 0 aliphatic rings. The van der Waals surface area contributed by atoms with Gasteiger partial charge >= 0.3 is 0 Å². The van der Waals surface area contributed by atoms with Crippen LogP contribution in [-0.2, 0) is 0 Å². The molecular formula is C20H12ClIN2O2. The van der Waals surface area contributed by atoms with Crippen LogP contribution in [0.3, 0.4) is 0 Å². The number of amides is 1. The lowest BCUT2D eigenvalue weighted by Crippen LogP contribution is -2.11. The molecule has 0 unspecified atom stereocenters. The summed E-state index contributed by atoms with van der Waals surface area (Å²) in [5.74, 6) is 0.322. The molecule has 3 aromatic carbocycles. The van der Waals surface area contributed by atoms with Gasteiger partial charge in [-0.25, -0.2) is 4.98 Å². The predicted octanol–water partition coefficient (Wildman–Crippen LogP) is 6.01. The molecule has 1 heterocycles. The fraction of sp³-hybridized carbons (Fsp3) is 0. The van der Waals surface area contributed by atoms with Crippen LogP contribution < -0.4 is 5.32 Å². The number of halogens is 2. The van der Waals surface area contributed by atoms with Crippen molar-refractivity contribution in [3.8, 4) is 11.5 Å². The number of fused-ring (bicyclic) bond motifs is 1. The van der Waals surface area contributed by atoms with Crippen molar-refractivity contribution in [2.45, 2.75) is 0 Å².